The van der Waals surface area contributed by atoms with E-state index in [2.05, 4.69) is 31.3 Å². The highest BCUT2D eigenvalue weighted by molar-refractivity contribution is 9.10. The lowest BCUT2D eigenvalue weighted by Crippen LogP contribution is -2.24. The topological polar surface area (TPSA) is 89.3 Å². The summed E-state index contributed by atoms with van der Waals surface area (Å²) in [5.41, 5.74) is 0.946. The quantitative estimate of drug-likeness (QED) is 0.880. The normalized spacial score (nSPS) is 16.7. The molecule has 0 aliphatic carbocycles. The van der Waals surface area contributed by atoms with Crippen molar-refractivity contribution in [2.75, 3.05) is 12.4 Å². The Balaban J connectivity index is 2.08. The predicted octanol–water partition coefficient (Wildman–Crippen LogP) is 2.03. The summed E-state index contributed by atoms with van der Waals surface area (Å²) in [7, 11) is 1.59. The van der Waals surface area contributed by atoms with Crippen LogP contribution in [0.5, 0.6) is 5.75 Å². The molecule has 1 unspecified atom stereocenters. The minimum atomic E-state index is -1.04. The maximum absolute atomic E-state index is 11.2. The van der Waals surface area contributed by atoms with Gasteiger partial charge in [-0.3, -0.25) is 0 Å². The van der Waals surface area contributed by atoms with Crippen molar-refractivity contribution in [3.8, 4) is 5.75 Å². The number of rotatable bonds is 3. The number of ether oxygens (including phenoxy) is 1. The summed E-state index contributed by atoms with van der Waals surface area (Å²) in [6.45, 7) is 0. The van der Waals surface area contributed by atoms with E-state index in [4.69, 9.17) is 4.74 Å². The molecule has 0 amide bonds. The molecule has 21 heavy (non-hydrogen) atoms. The number of nitrogens with one attached hydrogen (secondary N) is 1. The van der Waals surface area contributed by atoms with Gasteiger partial charge in [-0.05, 0) is 39.7 Å². The highest BCUT2D eigenvalue weighted by Gasteiger charge is 2.25. The van der Waals surface area contributed by atoms with Crippen molar-refractivity contribution in [2.45, 2.75) is 6.04 Å². The second kappa shape index (κ2) is 5.21. The van der Waals surface area contributed by atoms with Crippen LogP contribution in [0.2, 0.25) is 0 Å². The summed E-state index contributed by atoms with van der Waals surface area (Å²) in [4.78, 5) is 15.2. The van der Waals surface area contributed by atoms with E-state index in [1.165, 1.54) is 6.33 Å². The molecule has 2 heterocycles. The third-order valence-electron chi connectivity index (χ3n) is 3.16. The lowest BCUT2D eigenvalue weighted by Gasteiger charge is -2.22. The molecule has 0 spiro atoms. The number of fused-ring (bicyclic) bond motifs is 1. The molecule has 3 rings (SSSR count). The van der Waals surface area contributed by atoms with E-state index in [-0.39, 0.29) is 11.7 Å². The third kappa shape index (κ3) is 2.38. The molecule has 0 saturated carbocycles. The molecule has 0 fully saturated rings. The molecule has 8 heteroatoms. The largest absolute Gasteiger partial charge is 0.496 e. The summed E-state index contributed by atoms with van der Waals surface area (Å²) >= 11 is 3.43. The monoisotopic (exact) mass is 350 g/mol. The number of benzene rings is 1. The zero-order valence-corrected chi connectivity index (χ0v) is 12.5. The molecule has 1 atom stereocenters. The number of allylic oxidation sites excluding steroid dienone is 1. The van der Waals surface area contributed by atoms with Gasteiger partial charge in [0.2, 0.25) is 5.95 Å². The first-order valence-corrected chi connectivity index (χ1v) is 6.84. The molecule has 0 bridgehead atoms. The van der Waals surface area contributed by atoms with Gasteiger partial charge in [0, 0.05) is 0 Å². The second-order valence-corrected chi connectivity index (χ2v) is 5.23. The molecule has 1 aromatic heterocycles. The lowest BCUT2D eigenvalue weighted by molar-refractivity contribution is -0.132. The molecule has 7 nitrogen and oxygen atoms in total. The number of carboxylic acids is 1. The predicted molar refractivity (Wildman–Crippen MR) is 78.2 cm³/mol. The molecule has 2 N–H and O–H groups in total. The number of carbonyl (C=O) groups is 1. The summed E-state index contributed by atoms with van der Waals surface area (Å²) < 4.78 is 7.61. The summed E-state index contributed by atoms with van der Waals surface area (Å²) in [6, 6.07) is 5.20. The highest BCUT2D eigenvalue weighted by Crippen LogP contribution is 2.33. The van der Waals surface area contributed by atoms with E-state index < -0.39 is 5.97 Å². The van der Waals surface area contributed by atoms with Crippen molar-refractivity contribution in [3.63, 3.8) is 0 Å². The molecule has 108 valence electrons. The van der Waals surface area contributed by atoms with Gasteiger partial charge in [0.15, 0.2) is 0 Å². The number of halogens is 1. The molecule has 0 radical (unpaired) electrons. The van der Waals surface area contributed by atoms with E-state index in [9.17, 15) is 9.90 Å². The smallest absolute Gasteiger partial charge is 0.352 e. The number of methoxy groups -OCH3 is 1. The average molecular weight is 351 g/mol. The van der Waals surface area contributed by atoms with Crippen LogP contribution in [-0.2, 0) is 4.79 Å². The number of anilines is 1. The Labute approximate surface area is 128 Å². The van der Waals surface area contributed by atoms with Crippen LogP contribution in [0.4, 0.5) is 5.95 Å². The number of hydrogen-bond donors (Lipinski definition) is 2. The summed E-state index contributed by atoms with van der Waals surface area (Å²) in [5.74, 6) is 0.0580. The Kier molecular flexibility index (Phi) is 3.38. The van der Waals surface area contributed by atoms with Crippen LogP contribution in [0.15, 0.2) is 40.8 Å². The maximum Gasteiger partial charge on any atom is 0.352 e. The van der Waals surface area contributed by atoms with E-state index in [0.717, 1.165) is 10.0 Å². The molecule has 1 aliphatic heterocycles. The first-order chi connectivity index (χ1) is 10.1. The van der Waals surface area contributed by atoms with Gasteiger partial charge >= 0.3 is 5.97 Å². The first-order valence-electron chi connectivity index (χ1n) is 6.05. The minimum absolute atomic E-state index is 0.0763. The molecule has 1 aromatic carbocycles. The highest BCUT2D eigenvalue weighted by atomic mass is 79.9. The second-order valence-electron chi connectivity index (χ2n) is 4.38. The van der Waals surface area contributed by atoms with Crippen LogP contribution in [-0.4, -0.2) is 33.0 Å². The van der Waals surface area contributed by atoms with Crippen molar-refractivity contribution in [1.82, 2.24) is 14.8 Å². The van der Waals surface area contributed by atoms with Gasteiger partial charge in [0.1, 0.15) is 23.8 Å². The first kappa shape index (κ1) is 13.6. The summed E-state index contributed by atoms with van der Waals surface area (Å²) in [5, 5.41) is 16.1. The Morgan fingerprint density at radius 2 is 2.33 bits per heavy atom. The Morgan fingerprint density at radius 3 is 3.00 bits per heavy atom. The van der Waals surface area contributed by atoms with Gasteiger partial charge in [-0.2, -0.15) is 10.1 Å². The molecule has 2 aromatic rings. The van der Waals surface area contributed by atoms with Crippen LogP contribution >= 0.6 is 15.9 Å². The van der Waals surface area contributed by atoms with Gasteiger partial charge in [-0.15, -0.1) is 0 Å². The molecule has 0 saturated heterocycles. The zero-order valence-electron chi connectivity index (χ0n) is 10.9. The van der Waals surface area contributed by atoms with Crippen molar-refractivity contribution in [3.05, 3.63) is 46.3 Å². The van der Waals surface area contributed by atoms with Gasteiger partial charge in [-0.1, -0.05) is 6.07 Å². The number of aliphatic carboxylic acids is 1. The van der Waals surface area contributed by atoms with Crippen LogP contribution in [0.3, 0.4) is 0 Å². The molecule has 1 aliphatic rings. The lowest BCUT2D eigenvalue weighted by atomic mass is 10.0. The van der Waals surface area contributed by atoms with Crippen molar-refractivity contribution in [2.24, 2.45) is 0 Å². The molecular weight excluding hydrogens is 340 g/mol. The van der Waals surface area contributed by atoms with E-state index in [1.54, 1.807) is 17.9 Å². The van der Waals surface area contributed by atoms with Crippen molar-refractivity contribution >= 4 is 27.8 Å². The van der Waals surface area contributed by atoms with Crippen molar-refractivity contribution in [1.29, 1.82) is 0 Å². The van der Waals surface area contributed by atoms with Crippen LogP contribution in [0.25, 0.3) is 0 Å². The summed E-state index contributed by atoms with van der Waals surface area (Å²) in [6.07, 6.45) is 2.98. The fourth-order valence-corrected chi connectivity index (χ4v) is 2.72. The van der Waals surface area contributed by atoms with Gasteiger partial charge in [0.25, 0.3) is 0 Å². The SMILES string of the molecule is COc1ccc(C2C=C(C(=O)O)Nc3ncnn32)cc1Br. The third-order valence-corrected chi connectivity index (χ3v) is 3.78. The van der Waals surface area contributed by atoms with Crippen LogP contribution < -0.4 is 10.1 Å². The van der Waals surface area contributed by atoms with Gasteiger partial charge in [0.05, 0.1) is 11.6 Å². The van der Waals surface area contributed by atoms with Crippen LogP contribution in [0, 0.1) is 0 Å². The average Bonchev–Trinajstić information content (AvgIpc) is 2.94. The van der Waals surface area contributed by atoms with Crippen molar-refractivity contribution < 1.29 is 14.6 Å². The van der Waals surface area contributed by atoms with E-state index >= 15 is 0 Å². The number of nitrogens with zero attached hydrogens (tertiary/aromatic N) is 3. The minimum Gasteiger partial charge on any atom is -0.496 e. The fraction of sp³-hybridized carbons (Fsp3) is 0.154. The Hall–Kier alpha value is -2.35. The number of hydrogen-bond acceptors (Lipinski definition) is 5. The fourth-order valence-electron chi connectivity index (χ4n) is 2.16. The molecular formula is C13H11BrN4O3. The number of carboxylic acid groups (broad SMARTS) is 1. The maximum atomic E-state index is 11.2. The van der Waals surface area contributed by atoms with Crippen LogP contribution in [0.1, 0.15) is 11.6 Å². The van der Waals surface area contributed by atoms with Gasteiger partial charge < -0.3 is 15.2 Å². The number of aromatic nitrogens is 3. The Morgan fingerprint density at radius 1 is 1.52 bits per heavy atom. The van der Waals surface area contributed by atoms with Gasteiger partial charge in [-0.25, -0.2) is 9.48 Å². The van der Waals surface area contributed by atoms with E-state index in [1.807, 2.05) is 18.2 Å². The standard InChI is InChI=1S/C13H11BrN4O3/c1-21-11-3-2-7(4-8(11)14)10-5-9(12(19)20)17-13-15-6-16-18(10)13/h2-6,10H,1H3,(H,19,20)(H,15,16,17). The van der Waals surface area contributed by atoms with E-state index in [0.29, 0.717) is 11.7 Å². The zero-order chi connectivity index (χ0) is 15.0. The Bertz CT molecular complexity index is 741.